The molecule has 0 aromatic heterocycles. The van der Waals surface area contributed by atoms with Crippen LogP contribution in [0.4, 0.5) is 0 Å². The first-order valence-electron chi connectivity index (χ1n) is 9.84. The van der Waals surface area contributed by atoms with E-state index in [9.17, 15) is 5.11 Å². The van der Waals surface area contributed by atoms with E-state index in [2.05, 4.69) is 59.0 Å². The van der Waals surface area contributed by atoms with Gasteiger partial charge < -0.3 is 15.2 Å². The average Bonchev–Trinajstić information content (AvgIpc) is 2.58. The molecule has 2 rings (SSSR count). The van der Waals surface area contributed by atoms with E-state index in [1.54, 1.807) is 0 Å². The summed E-state index contributed by atoms with van der Waals surface area (Å²) in [6.45, 7) is 15.3. The molecule has 2 aromatic rings. The van der Waals surface area contributed by atoms with Gasteiger partial charge in [0.1, 0.15) is 11.5 Å². The zero-order chi connectivity index (χ0) is 20.1. The molecule has 2 N–H and O–H groups in total. The maximum Gasteiger partial charge on any atom is 0.123 e. The van der Waals surface area contributed by atoms with Crippen molar-refractivity contribution in [1.29, 1.82) is 0 Å². The van der Waals surface area contributed by atoms with Gasteiger partial charge in [0.2, 0.25) is 0 Å². The summed E-state index contributed by atoms with van der Waals surface area (Å²) in [5, 5.41) is 14.3. The van der Waals surface area contributed by atoms with E-state index in [0.29, 0.717) is 12.4 Å². The number of hydrogen-bond donors (Lipinski definition) is 2. The molecule has 0 heterocycles. The van der Waals surface area contributed by atoms with Gasteiger partial charge in [0.15, 0.2) is 0 Å². The van der Waals surface area contributed by atoms with Crippen molar-refractivity contribution >= 4 is 0 Å². The Bertz CT molecular complexity index is 689. The highest BCUT2D eigenvalue weighted by Crippen LogP contribution is 2.39. The second-order valence-electron chi connectivity index (χ2n) is 9.23. The van der Waals surface area contributed by atoms with Crippen LogP contribution in [0.3, 0.4) is 0 Å². The second-order valence-corrected chi connectivity index (χ2v) is 9.23. The molecular weight excluding hydrogens is 334 g/mol. The highest BCUT2D eigenvalue weighted by atomic mass is 16.5. The molecule has 0 aliphatic rings. The van der Waals surface area contributed by atoms with Gasteiger partial charge in [-0.25, -0.2) is 0 Å². The van der Waals surface area contributed by atoms with Crippen molar-refractivity contribution in [2.45, 2.75) is 65.3 Å². The Morgan fingerprint density at radius 3 is 1.96 bits per heavy atom. The summed E-state index contributed by atoms with van der Waals surface area (Å²) in [6, 6.07) is 14.2. The number of para-hydroxylation sites is 1. The standard InChI is InChI=1S/C24H35NO2/c1-23(2,3)20-15-18(16-21(22(20)26)24(4,5)6)17-25-13-10-14-27-19-11-8-7-9-12-19/h7-9,11-12,15-16,25-26H,10,13-14,17H2,1-6H3. The number of rotatable bonds is 7. The van der Waals surface area contributed by atoms with Crippen LogP contribution in [0.1, 0.15) is 64.7 Å². The molecule has 27 heavy (non-hydrogen) atoms. The third-order valence-corrected chi connectivity index (χ3v) is 4.62. The van der Waals surface area contributed by atoms with Crippen LogP contribution < -0.4 is 10.1 Å². The minimum absolute atomic E-state index is 0.0936. The summed E-state index contributed by atoms with van der Waals surface area (Å²) >= 11 is 0. The summed E-state index contributed by atoms with van der Waals surface area (Å²) in [5.41, 5.74) is 3.05. The van der Waals surface area contributed by atoms with Crippen molar-refractivity contribution in [3.05, 3.63) is 59.2 Å². The largest absolute Gasteiger partial charge is 0.507 e. The van der Waals surface area contributed by atoms with Crippen LogP contribution in [0, 0.1) is 0 Å². The molecule has 3 heteroatoms. The minimum atomic E-state index is -0.0936. The molecule has 2 aromatic carbocycles. The van der Waals surface area contributed by atoms with Crippen LogP contribution in [0.5, 0.6) is 11.5 Å². The van der Waals surface area contributed by atoms with Crippen molar-refractivity contribution in [3.63, 3.8) is 0 Å². The smallest absolute Gasteiger partial charge is 0.123 e. The summed E-state index contributed by atoms with van der Waals surface area (Å²) in [7, 11) is 0. The first kappa shape index (κ1) is 21.3. The predicted octanol–water partition coefficient (Wildman–Crippen LogP) is 5.55. The lowest BCUT2D eigenvalue weighted by molar-refractivity contribution is 0.308. The lowest BCUT2D eigenvalue weighted by atomic mass is 9.78. The maximum atomic E-state index is 10.8. The van der Waals surface area contributed by atoms with Crippen LogP contribution >= 0.6 is 0 Å². The van der Waals surface area contributed by atoms with Gasteiger partial charge in [0.25, 0.3) is 0 Å². The number of aromatic hydroxyl groups is 1. The van der Waals surface area contributed by atoms with Gasteiger partial charge in [0, 0.05) is 6.54 Å². The molecule has 148 valence electrons. The number of phenolic OH excluding ortho intramolecular Hbond substituents is 1. The molecule has 0 radical (unpaired) electrons. The quantitative estimate of drug-likeness (QED) is 0.629. The Labute approximate surface area is 164 Å². The first-order valence-corrected chi connectivity index (χ1v) is 9.84. The lowest BCUT2D eigenvalue weighted by Crippen LogP contribution is -2.21. The lowest BCUT2D eigenvalue weighted by Gasteiger charge is -2.28. The minimum Gasteiger partial charge on any atom is -0.507 e. The molecule has 0 aliphatic heterocycles. The van der Waals surface area contributed by atoms with E-state index in [-0.39, 0.29) is 10.8 Å². The van der Waals surface area contributed by atoms with Gasteiger partial charge in [0.05, 0.1) is 6.61 Å². The zero-order valence-electron chi connectivity index (χ0n) is 17.7. The fraction of sp³-hybridized carbons (Fsp3) is 0.500. The monoisotopic (exact) mass is 369 g/mol. The van der Waals surface area contributed by atoms with Crippen molar-refractivity contribution in [3.8, 4) is 11.5 Å². The number of phenols is 1. The number of hydrogen-bond acceptors (Lipinski definition) is 3. The van der Waals surface area contributed by atoms with Crippen LogP contribution in [0.25, 0.3) is 0 Å². The maximum absolute atomic E-state index is 10.8. The van der Waals surface area contributed by atoms with E-state index in [4.69, 9.17) is 4.74 Å². The predicted molar refractivity (Wildman–Crippen MR) is 114 cm³/mol. The van der Waals surface area contributed by atoms with Crippen LogP contribution in [0.15, 0.2) is 42.5 Å². The van der Waals surface area contributed by atoms with Crippen LogP contribution in [-0.4, -0.2) is 18.3 Å². The highest BCUT2D eigenvalue weighted by Gasteiger charge is 2.26. The Morgan fingerprint density at radius 2 is 1.44 bits per heavy atom. The van der Waals surface area contributed by atoms with Crippen molar-refractivity contribution < 1.29 is 9.84 Å². The topological polar surface area (TPSA) is 41.5 Å². The zero-order valence-corrected chi connectivity index (χ0v) is 17.7. The molecule has 0 saturated carbocycles. The third kappa shape index (κ3) is 6.28. The molecule has 0 aliphatic carbocycles. The van der Waals surface area contributed by atoms with Gasteiger partial charge >= 0.3 is 0 Å². The summed E-state index contributed by atoms with van der Waals surface area (Å²) in [5.74, 6) is 1.36. The summed E-state index contributed by atoms with van der Waals surface area (Å²) in [6.07, 6.45) is 0.950. The van der Waals surface area contributed by atoms with Crippen molar-refractivity contribution in [2.24, 2.45) is 0 Å². The van der Waals surface area contributed by atoms with Gasteiger partial charge in [-0.15, -0.1) is 0 Å². The molecule has 0 bridgehead atoms. The van der Waals surface area contributed by atoms with Crippen molar-refractivity contribution in [2.75, 3.05) is 13.2 Å². The van der Waals surface area contributed by atoms with Gasteiger partial charge in [-0.2, -0.15) is 0 Å². The van der Waals surface area contributed by atoms with E-state index in [1.807, 2.05) is 30.3 Å². The Hall–Kier alpha value is -2.00. The highest BCUT2D eigenvalue weighted by molar-refractivity contribution is 5.49. The van der Waals surface area contributed by atoms with E-state index in [0.717, 1.165) is 36.4 Å². The van der Waals surface area contributed by atoms with Crippen LogP contribution in [-0.2, 0) is 17.4 Å². The Morgan fingerprint density at radius 1 is 0.889 bits per heavy atom. The average molecular weight is 370 g/mol. The van der Waals surface area contributed by atoms with E-state index < -0.39 is 0 Å². The molecule has 0 spiro atoms. The van der Waals surface area contributed by atoms with Gasteiger partial charge in [-0.1, -0.05) is 71.9 Å². The normalized spacial score (nSPS) is 12.2. The number of ether oxygens (including phenoxy) is 1. The molecule has 3 nitrogen and oxygen atoms in total. The van der Waals surface area contributed by atoms with E-state index >= 15 is 0 Å². The fourth-order valence-corrected chi connectivity index (χ4v) is 3.08. The SMILES string of the molecule is CC(C)(C)c1cc(CNCCCOc2ccccc2)cc(C(C)(C)C)c1O. The molecular formula is C24H35NO2. The van der Waals surface area contributed by atoms with Gasteiger partial charge in [-0.05, 0) is 52.6 Å². The Kier molecular flexibility index (Phi) is 6.94. The van der Waals surface area contributed by atoms with Crippen LogP contribution in [0.2, 0.25) is 0 Å². The Balaban J connectivity index is 1.95. The second kappa shape index (κ2) is 8.79. The number of benzene rings is 2. The van der Waals surface area contributed by atoms with Crippen molar-refractivity contribution in [1.82, 2.24) is 5.32 Å². The summed E-state index contributed by atoms with van der Waals surface area (Å²) < 4.78 is 5.73. The molecule has 0 saturated heterocycles. The van der Waals surface area contributed by atoms with Gasteiger partial charge in [-0.3, -0.25) is 0 Å². The van der Waals surface area contributed by atoms with E-state index in [1.165, 1.54) is 5.56 Å². The first-order chi connectivity index (χ1) is 12.6. The molecule has 0 fully saturated rings. The molecule has 0 amide bonds. The number of nitrogens with one attached hydrogen (secondary N) is 1. The molecule has 0 atom stereocenters. The third-order valence-electron chi connectivity index (χ3n) is 4.62. The molecule has 0 unspecified atom stereocenters. The summed E-state index contributed by atoms with van der Waals surface area (Å²) in [4.78, 5) is 0. The fourth-order valence-electron chi connectivity index (χ4n) is 3.08.